The number of aliphatic hydroxyl groups is 14. The van der Waals surface area contributed by atoms with Gasteiger partial charge in [0.1, 0.15) is 99.2 Å². The third-order valence-corrected chi connectivity index (χ3v) is 8.49. The minimum atomic E-state index is -2.71. The molecule has 4 fully saturated rings. The van der Waals surface area contributed by atoms with E-state index in [0.29, 0.717) is 0 Å². The monoisotopic (exact) mass is 666 g/mol. The minimum absolute atomic E-state index is 0.773. The Morgan fingerprint density at radius 3 is 1.38 bits per heavy atom. The molecule has 0 radical (unpaired) electrons. The summed E-state index contributed by atoms with van der Waals surface area (Å²) in [5.41, 5.74) is 0. The van der Waals surface area contributed by atoms with Crippen molar-refractivity contribution in [2.75, 3.05) is 46.2 Å². The average molecular weight is 667 g/mol. The van der Waals surface area contributed by atoms with E-state index in [0.717, 1.165) is 0 Å². The molecule has 0 unspecified atom stereocenters. The summed E-state index contributed by atoms with van der Waals surface area (Å²) in [4.78, 5) is 0. The standard InChI is InChI=1S/C24H42O21/c25-1-8-12(30)16(34)17(35)21(41-8)45-24(7-40-23(6-29)19(37)14(32)10(3-27)43-23)20(38)15(33)11(44-24)4-39-22(5-28)18(36)13(31)9(2-26)42-22/h8-21,25-38H,1-7H2/t8-,9-,10-,11-,12-,13-,14-,15-,16+,17-,18+,19+,20+,21-,22-,23-,24+/m1/s1. The minimum Gasteiger partial charge on any atom is -0.394 e. The molecule has 17 atom stereocenters. The third kappa shape index (κ3) is 6.49. The number of ether oxygens (including phenoxy) is 7. The van der Waals surface area contributed by atoms with Gasteiger partial charge in [0.05, 0.1) is 26.4 Å². The second kappa shape index (κ2) is 14.3. The Kier molecular flexibility index (Phi) is 11.8. The molecular formula is C24H42O21. The smallest absolute Gasteiger partial charge is 0.224 e. The first-order chi connectivity index (χ1) is 21.2. The maximum Gasteiger partial charge on any atom is 0.224 e. The van der Waals surface area contributed by atoms with Crippen molar-refractivity contribution < 1.29 is 105 Å². The first-order valence-corrected chi connectivity index (χ1v) is 14.0. The van der Waals surface area contributed by atoms with E-state index in [9.17, 15) is 71.5 Å². The summed E-state index contributed by atoms with van der Waals surface area (Å²) in [6.07, 6.45) is -25.5. The second-order valence-corrected chi connectivity index (χ2v) is 11.3. The molecule has 0 aromatic heterocycles. The fourth-order valence-electron chi connectivity index (χ4n) is 5.65. The van der Waals surface area contributed by atoms with Crippen LogP contribution in [-0.4, -0.2) is 221 Å². The molecule has 0 saturated carbocycles. The van der Waals surface area contributed by atoms with Crippen molar-refractivity contribution in [1.82, 2.24) is 0 Å². The zero-order valence-corrected chi connectivity index (χ0v) is 23.7. The van der Waals surface area contributed by atoms with Crippen molar-refractivity contribution in [1.29, 1.82) is 0 Å². The number of hydrogen-bond donors (Lipinski definition) is 14. The molecule has 0 aromatic carbocycles. The quantitative estimate of drug-likeness (QED) is 0.0867. The Bertz CT molecular complexity index is 962. The molecule has 4 heterocycles. The molecule has 4 aliphatic rings. The maximum absolute atomic E-state index is 11.2. The molecule has 45 heavy (non-hydrogen) atoms. The fraction of sp³-hybridized carbons (Fsp3) is 1.00. The molecule has 21 nitrogen and oxygen atoms in total. The van der Waals surface area contributed by atoms with Crippen LogP contribution in [0.3, 0.4) is 0 Å². The van der Waals surface area contributed by atoms with Gasteiger partial charge >= 0.3 is 0 Å². The lowest BCUT2D eigenvalue weighted by atomic mass is 9.99. The Hall–Kier alpha value is -0.840. The summed E-state index contributed by atoms with van der Waals surface area (Å²) >= 11 is 0. The molecular weight excluding hydrogens is 624 g/mol. The second-order valence-electron chi connectivity index (χ2n) is 11.3. The van der Waals surface area contributed by atoms with Crippen LogP contribution in [0.2, 0.25) is 0 Å². The highest BCUT2D eigenvalue weighted by Gasteiger charge is 2.63. The van der Waals surface area contributed by atoms with Crippen molar-refractivity contribution in [3.05, 3.63) is 0 Å². The molecule has 0 amide bonds. The highest BCUT2D eigenvalue weighted by molar-refractivity contribution is 5.03. The molecule has 0 aliphatic carbocycles. The van der Waals surface area contributed by atoms with Gasteiger partial charge in [-0.2, -0.15) is 0 Å². The Balaban J connectivity index is 1.61. The van der Waals surface area contributed by atoms with Gasteiger partial charge in [0.2, 0.25) is 17.4 Å². The maximum atomic E-state index is 11.2. The van der Waals surface area contributed by atoms with E-state index in [-0.39, 0.29) is 0 Å². The molecule has 0 bridgehead atoms. The van der Waals surface area contributed by atoms with E-state index in [1.807, 2.05) is 0 Å². The molecule has 4 aliphatic heterocycles. The van der Waals surface area contributed by atoms with Gasteiger partial charge in [-0.3, -0.25) is 0 Å². The lowest BCUT2D eigenvalue weighted by Gasteiger charge is -2.44. The predicted octanol–water partition coefficient (Wildman–Crippen LogP) is -9.74. The van der Waals surface area contributed by atoms with Crippen LogP contribution < -0.4 is 0 Å². The summed E-state index contributed by atoms with van der Waals surface area (Å²) in [5, 5.41) is 143. The normalized spacial score (nSPS) is 52.1. The first kappa shape index (κ1) is 37.0. The molecule has 14 N–H and O–H groups in total. The molecule has 264 valence electrons. The van der Waals surface area contributed by atoms with Crippen LogP contribution in [0, 0.1) is 0 Å². The Morgan fingerprint density at radius 2 is 0.911 bits per heavy atom. The topological polar surface area (TPSA) is 348 Å². The summed E-state index contributed by atoms with van der Waals surface area (Å²) in [6.45, 7) is -6.65. The van der Waals surface area contributed by atoms with E-state index >= 15 is 0 Å². The largest absolute Gasteiger partial charge is 0.394 e. The molecule has 4 saturated heterocycles. The number of aliphatic hydroxyl groups excluding tert-OH is 14. The van der Waals surface area contributed by atoms with Gasteiger partial charge in [-0.1, -0.05) is 0 Å². The highest BCUT2D eigenvalue weighted by Crippen LogP contribution is 2.41. The molecule has 0 aromatic rings. The molecule has 4 rings (SSSR count). The van der Waals surface area contributed by atoms with Gasteiger partial charge in [-0.05, 0) is 0 Å². The van der Waals surface area contributed by atoms with E-state index in [1.165, 1.54) is 0 Å². The van der Waals surface area contributed by atoms with E-state index in [4.69, 9.17) is 33.2 Å². The van der Waals surface area contributed by atoms with Crippen molar-refractivity contribution in [2.24, 2.45) is 0 Å². The van der Waals surface area contributed by atoms with Crippen LogP contribution in [0.15, 0.2) is 0 Å². The van der Waals surface area contributed by atoms with Crippen molar-refractivity contribution >= 4 is 0 Å². The van der Waals surface area contributed by atoms with Crippen molar-refractivity contribution in [2.45, 2.75) is 103 Å². The zero-order valence-electron chi connectivity index (χ0n) is 23.7. The van der Waals surface area contributed by atoms with Gasteiger partial charge in [0.25, 0.3) is 0 Å². The molecule has 21 heteroatoms. The van der Waals surface area contributed by atoms with E-state index in [2.05, 4.69) is 0 Å². The lowest BCUT2D eigenvalue weighted by Crippen LogP contribution is -2.63. The summed E-state index contributed by atoms with van der Waals surface area (Å²) in [5.74, 6) is -7.51. The fourth-order valence-corrected chi connectivity index (χ4v) is 5.65. The van der Waals surface area contributed by atoms with Crippen molar-refractivity contribution in [3.8, 4) is 0 Å². The van der Waals surface area contributed by atoms with Crippen LogP contribution in [0.5, 0.6) is 0 Å². The Labute approximate surface area is 254 Å². The highest BCUT2D eigenvalue weighted by atomic mass is 16.8. The summed E-state index contributed by atoms with van der Waals surface area (Å²) < 4.78 is 38.4. The SMILES string of the molecule is OC[C@H]1O[C@@](CO)(OC[C@H]2O[C@@](CO[C@]3(CO)O[C@H](CO)[C@@H](O)[C@@H]3O)(O[C@H]3O[C@H](CO)[C@@H](O)[C@H](O)[C@H]3O)[C@@H](O)[C@@H]2O)[C@@H](O)[C@@H]1O. The predicted molar refractivity (Wildman–Crippen MR) is 134 cm³/mol. The van der Waals surface area contributed by atoms with E-state index < -0.39 is 149 Å². The summed E-state index contributed by atoms with van der Waals surface area (Å²) in [7, 11) is 0. The van der Waals surface area contributed by atoms with E-state index in [1.54, 1.807) is 0 Å². The average Bonchev–Trinajstić information content (AvgIpc) is 3.55. The van der Waals surface area contributed by atoms with Gasteiger partial charge in [0, 0.05) is 0 Å². The van der Waals surface area contributed by atoms with Gasteiger partial charge in [-0.25, -0.2) is 0 Å². The third-order valence-electron chi connectivity index (χ3n) is 8.49. The number of rotatable bonds is 13. The Morgan fingerprint density at radius 1 is 0.467 bits per heavy atom. The van der Waals surface area contributed by atoms with Crippen LogP contribution in [0.25, 0.3) is 0 Å². The molecule has 0 spiro atoms. The van der Waals surface area contributed by atoms with Gasteiger partial charge in [0.15, 0.2) is 6.29 Å². The van der Waals surface area contributed by atoms with Crippen LogP contribution in [0.4, 0.5) is 0 Å². The zero-order chi connectivity index (χ0) is 33.5. The van der Waals surface area contributed by atoms with Crippen LogP contribution in [0.1, 0.15) is 0 Å². The van der Waals surface area contributed by atoms with Gasteiger partial charge < -0.3 is 105 Å². The van der Waals surface area contributed by atoms with Crippen molar-refractivity contribution in [3.63, 3.8) is 0 Å². The van der Waals surface area contributed by atoms with Gasteiger partial charge in [-0.15, -0.1) is 0 Å². The first-order valence-electron chi connectivity index (χ1n) is 14.0. The lowest BCUT2D eigenvalue weighted by molar-refractivity contribution is -0.401. The van der Waals surface area contributed by atoms with Crippen LogP contribution in [-0.2, 0) is 33.2 Å². The number of hydrogen-bond acceptors (Lipinski definition) is 21. The summed E-state index contributed by atoms with van der Waals surface area (Å²) in [6, 6.07) is 0. The van der Waals surface area contributed by atoms with Crippen LogP contribution >= 0.6 is 0 Å².